The maximum absolute atomic E-state index is 4.45. The van der Waals surface area contributed by atoms with Gasteiger partial charge in [0.05, 0.1) is 12.1 Å². The van der Waals surface area contributed by atoms with E-state index >= 15 is 0 Å². The number of likely N-dealkylation sites (N-methyl/N-ethyl adjacent to an activating group) is 1. The molecule has 152 valence electrons. The fraction of sp³-hybridized carbons (Fsp3) is 0.500. The zero-order valence-corrected chi connectivity index (χ0v) is 18.1. The number of aliphatic imine (C=N–C) groups is 1. The summed E-state index contributed by atoms with van der Waals surface area (Å²) in [6.45, 7) is 4.03. The minimum atomic E-state index is 0.335. The molecule has 1 aromatic heterocycles. The van der Waals surface area contributed by atoms with Gasteiger partial charge in [-0.25, -0.2) is 0 Å². The monoisotopic (exact) mass is 399 g/mol. The fourth-order valence-corrected chi connectivity index (χ4v) is 4.73. The molecule has 1 saturated heterocycles. The predicted octanol–water partition coefficient (Wildman–Crippen LogP) is 3.35. The summed E-state index contributed by atoms with van der Waals surface area (Å²) in [5, 5.41) is 9.23. The molecule has 0 amide bonds. The molecular weight excluding hydrogens is 366 g/mol. The van der Waals surface area contributed by atoms with Gasteiger partial charge in [-0.1, -0.05) is 36.4 Å². The van der Waals surface area contributed by atoms with Crippen LogP contribution in [0.4, 0.5) is 0 Å². The van der Waals surface area contributed by atoms with Crippen LogP contribution < -0.4 is 10.6 Å². The quantitative estimate of drug-likeness (QED) is 0.528. The number of hydrogen-bond donors (Lipinski definition) is 2. The van der Waals surface area contributed by atoms with Crippen LogP contribution in [-0.2, 0) is 0 Å². The molecule has 2 N–H and O–H groups in total. The number of nitrogens with one attached hydrogen (secondary N) is 2. The molecule has 1 aliphatic heterocycles. The zero-order valence-electron chi connectivity index (χ0n) is 17.3. The van der Waals surface area contributed by atoms with E-state index in [1.165, 1.54) is 36.4 Å². The molecule has 2 heterocycles. The van der Waals surface area contributed by atoms with E-state index in [0.717, 1.165) is 19.0 Å². The largest absolute Gasteiger partial charge is 0.354 e. The fourth-order valence-electron chi connectivity index (χ4n) is 3.81. The lowest BCUT2D eigenvalue weighted by Crippen LogP contribution is -2.44. The normalized spacial score (nSPS) is 17.6. The van der Waals surface area contributed by atoms with Crippen molar-refractivity contribution in [2.75, 3.05) is 47.3 Å². The molecular formula is C22H33N5S. The zero-order chi connectivity index (χ0) is 19.8. The first-order valence-electron chi connectivity index (χ1n) is 10.1. The van der Waals surface area contributed by atoms with Crippen LogP contribution in [0.5, 0.6) is 0 Å². The van der Waals surface area contributed by atoms with Gasteiger partial charge in [-0.2, -0.15) is 0 Å². The number of benzene rings is 1. The van der Waals surface area contributed by atoms with Gasteiger partial charge in [-0.15, -0.1) is 11.3 Å². The number of hydrogen-bond acceptors (Lipinski definition) is 4. The first-order valence-corrected chi connectivity index (χ1v) is 11.0. The van der Waals surface area contributed by atoms with Crippen molar-refractivity contribution in [2.45, 2.75) is 24.9 Å². The number of guanidine groups is 1. The molecule has 2 aromatic rings. The molecule has 28 heavy (non-hydrogen) atoms. The third-order valence-electron chi connectivity index (χ3n) is 5.41. The SMILES string of the molecule is CN=C(NCC(c1cccs1)N(C)C)NCC(c1ccccc1)N1CCCC1. The molecule has 2 atom stereocenters. The molecule has 0 radical (unpaired) electrons. The smallest absolute Gasteiger partial charge is 0.191 e. The molecule has 1 aromatic carbocycles. The van der Waals surface area contributed by atoms with Crippen LogP contribution in [0, 0.1) is 0 Å². The minimum Gasteiger partial charge on any atom is -0.354 e. The highest BCUT2D eigenvalue weighted by Gasteiger charge is 2.23. The third-order valence-corrected chi connectivity index (χ3v) is 6.38. The summed E-state index contributed by atoms with van der Waals surface area (Å²) in [4.78, 5) is 10.7. The van der Waals surface area contributed by atoms with Crippen molar-refractivity contribution in [1.29, 1.82) is 0 Å². The Labute approximate surface area is 173 Å². The minimum absolute atomic E-state index is 0.335. The highest BCUT2D eigenvalue weighted by Crippen LogP contribution is 2.24. The molecule has 3 rings (SSSR count). The standard InChI is InChI=1S/C22H33N5S/c1-23-22(25-17-20(26(2)3)21-12-9-15-28-21)24-16-19(27-13-7-8-14-27)18-10-5-4-6-11-18/h4-6,9-12,15,19-20H,7-8,13-14,16-17H2,1-3H3,(H2,23,24,25). The summed E-state index contributed by atoms with van der Waals surface area (Å²) in [7, 11) is 6.10. The first kappa shape index (κ1) is 20.8. The van der Waals surface area contributed by atoms with E-state index in [4.69, 9.17) is 0 Å². The van der Waals surface area contributed by atoms with Crippen molar-refractivity contribution < 1.29 is 0 Å². The topological polar surface area (TPSA) is 42.9 Å². The number of nitrogens with zero attached hydrogens (tertiary/aromatic N) is 3. The molecule has 0 spiro atoms. The Morgan fingerprint density at radius 2 is 1.79 bits per heavy atom. The summed E-state index contributed by atoms with van der Waals surface area (Å²) >= 11 is 1.80. The van der Waals surface area contributed by atoms with Crippen molar-refractivity contribution in [2.24, 2.45) is 4.99 Å². The lowest BCUT2D eigenvalue weighted by atomic mass is 10.1. The molecule has 6 heteroatoms. The summed E-state index contributed by atoms with van der Waals surface area (Å²) in [6, 6.07) is 15.9. The number of likely N-dealkylation sites (tertiary alicyclic amines) is 1. The second kappa shape index (κ2) is 10.6. The van der Waals surface area contributed by atoms with Gasteiger partial charge < -0.3 is 15.5 Å². The average Bonchev–Trinajstić information content (AvgIpc) is 3.42. The van der Waals surface area contributed by atoms with E-state index in [1.807, 2.05) is 7.05 Å². The Balaban J connectivity index is 1.60. The van der Waals surface area contributed by atoms with Crippen LogP contribution in [-0.4, -0.2) is 63.1 Å². The van der Waals surface area contributed by atoms with Gasteiger partial charge in [0.15, 0.2) is 5.96 Å². The number of thiophene rings is 1. The second-order valence-electron chi connectivity index (χ2n) is 7.50. The predicted molar refractivity (Wildman–Crippen MR) is 120 cm³/mol. The molecule has 0 bridgehead atoms. The summed E-state index contributed by atoms with van der Waals surface area (Å²) in [5.41, 5.74) is 1.37. The van der Waals surface area contributed by atoms with Crippen molar-refractivity contribution in [3.63, 3.8) is 0 Å². The summed E-state index contributed by atoms with van der Waals surface area (Å²) in [5.74, 6) is 0.864. The molecule has 1 fully saturated rings. The lowest BCUT2D eigenvalue weighted by molar-refractivity contribution is 0.245. The van der Waals surface area contributed by atoms with Gasteiger partial charge >= 0.3 is 0 Å². The van der Waals surface area contributed by atoms with Crippen LogP contribution >= 0.6 is 11.3 Å². The second-order valence-corrected chi connectivity index (χ2v) is 8.48. The maximum Gasteiger partial charge on any atom is 0.191 e. The highest BCUT2D eigenvalue weighted by atomic mass is 32.1. The van der Waals surface area contributed by atoms with E-state index in [2.05, 4.69) is 87.4 Å². The third kappa shape index (κ3) is 5.56. The van der Waals surface area contributed by atoms with Crippen LogP contribution in [0.15, 0.2) is 52.8 Å². The van der Waals surface area contributed by atoms with E-state index in [1.54, 1.807) is 11.3 Å². The molecule has 5 nitrogen and oxygen atoms in total. The van der Waals surface area contributed by atoms with Crippen molar-refractivity contribution in [3.05, 3.63) is 58.3 Å². The van der Waals surface area contributed by atoms with Gasteiger partial charge in [-0.05, 0) is 57.0 Å². The van der Waals surface area contributed by atoms with E-state index in [0.29, 0.717) is 12.1 Å². The van der Waals surface area contributed by atoms with Gasteiger partial charge in [0.1, 0.15) is 0 Å². The molecule has 2 unspecified atom stereocenters. The van der Waals surface area contributed by atoms with Crippen molar-refractivity contribution in [1.82, 2.24) is 20.4 Å². The number of rotatable bonds is 8. The molecule has 1 aliphatic rings. The Morgan fingerprint density at radius 3 is 2.39 bits per heavy atom. The van der Waals surface area contributed by atoms with E-state index in [-0.39, 0.29) is 0 Å². The van der Waals surface area contributed by atoms with E-state index < -0.39 is 0 Å². The van der Waals surface area contributed by atoms with Gasteiger partial charge in [0.25, 0.3) is 0 Å². The van der Waals surface area contributed by atoms with Gasteiger partial charge in [0.2, 0.25) is 0 Å². The Kier molecular flexibility index (Phi) is 7.89. The summed E-state index contributed by atoms with van der Waals surface area (Å²) in [6.07, 6.45) is 2.59. The first-order chi connectivity index (χ1) is 13.7. The molecule has 0 aliphatic carbocycles. The summed E-state index contributed by atoms with van der Waals surface area (Å²) < 4.78 is 0. The lowest BCUT2D eigenvalue weighted by Gasteiger charge is -2.29. The Bertz CT molecular complexity index is 708. The van der Waals surface area contributed by atoms with Crippen LogP contribution in [0.2, 0.25) is 0 Å². The van der Waals surface area contributed by atoms with Gasteiger partial charge in [0, 0.05) is 25.0 Å². The van der Waals surface area contributed by atoms with Crippen molar-refractivity contribution >= 4 is 17.3 Å². The molecule has 0 saturated carbocycles. The van der Waals surface area contributed by atoms with Crippen LogP contribution in [0.25, 0.3) is 0 Å². The maximum atomic E-state index is 4.45. The van der Waals surface area contributed by atoms with Gasteiger partial charge in [-0.3, -0.25) is 9.89 Å². The van der Waals surface area contributed by atoms with E-state index in [9.17, 15) is 0 Å². The Hall–Kier alpha value is -1.89. The average molecular weight is 400 g/mol. The van der Waals surface area contributed by atoms with Crippen molar-refractivity contribution in [3.8, 4) is 0 Å². The highest BCUT2D eigenvalue weighted by molar-refractivity contribution is 7.10. The van der Waals surface area contributed by atoms with Crippen LogP contribution in [0.3, 0.4) is 0 Å². The Morgan fingerprint density at radius 1 is 1.07 bits per heavy atom. The van der Waals surface area contributed by atoms with Crippen LogP contribution in [0.1, 0.15) is 35.4 Å².